The van der Waals surface area contributed by atoms with E-state index in [0.717, 1.165) is 27.8 Å². The van der Waals surface area contributed by atoms with Crippen LogP contribution < -0.4 is 5.73 Å². The van der Waals surface area contributed by atoms with Crippen LogP contribution in [0.3, 0.4) is 0 Å². The van der Waals surface area contributed by atoms with Crippen LogP contribution in [0.1, 0.15) is 18.1 Å². The van der Waals surface area contributed by atoms with Gasteiger partial charge < -0.3 is 5.73 Å². The first kappa shape index (κ1) is 33.4. The molecule has 0 saturated heterocycles. The van der Waals surface area contributed by atoms with E-state index in [1.54, 1.807) is 12.2 Å². The minimum atomic E-state index is -0.696. The maximum absolute atomic E-state index is 9.29. The lowest BCUT2D eigenvalue weighted by Crippen LogP contribution is -2.13. The van der Waals surface area contributed by atoms with E-state index < -0.39 is 6.04 Å². The number of nitrogens with zero attached hydrogens (tertiary/aromatic N) is 1. The Hall–Kier alpha value is -6.79. The van der Waals surface area contributed by atoms with Crippen molar-refractivity contribution in [3.05, 3.63) is 194 Å². The highest BCUT2D eigenvalue weighted by Crippen LogP contribution is 2.50. The van der Waals surface area contributed by atoms with Crippen molar-refractivity contribution in [2.24, 2.45) is 5.73 Å². The zero-order valence-corrected chi connectivity index (χ0v) is 29.7. The Balaban J connectivity index is 1.42. The number of hydrogen-bond acceptors (Lipinski definition) is 2. The number of nitriles is 1. The largest absolute Gasteiger partial charge is 0.313 e. The van der Waals surface area contributed by atoms with Gasteiger partial charge in [0.1, 0.15) is 6.04 Å². The standard InChI is InChI=1S/C51H38N2/c1-4-33(5-2)35-23-27-37(28-24-35)48-40-15-7-11-19-44(40)50(45-20-12-8-16-41(45)48)51-46-21-13-9-17-42(46)49(43-18-10-14-22-47(43)51)38-29-25-36(26-30-38)34(6-3)31-39(53)32-52/h4-31,39H,1,3,53H2,2H3/b33-5+,34-31+. The molecule has 1 atom stereocenters. The van der Waals surface area contributed by atoms with Crippen molar-refractivity contribution < 1.29 is 0 Å². The van der Waals surface area contributed by atoms with Crippen molar-refractivity contribution in [2.45, 2.75) is 13.0 Å². The molecule has 53 heavy (non-hydrogen) atoms. The number of rotatable bonds is 8. The monoisotopic (exact) mass is 678 g/mol. The Morgan fingerprint density at radius 1 is 0.491 bits per heavy atom. The van der Waals surface area contributed by atoms with Crippen molar-refractivity contribution >= 4 is 54.2 Å². The molecular weight excluding hydrogens is 641 g/mol. The SMILES string of the molecule is C=C/C(=C\C)c1ccc(-c2c3ccccc3c(-c3c4ccccc4c(-c4ccc(/C(C=C)=C/C(N)C#N)cc4)c4ccccc34)c3ccccc23)cc1. The van der Waals surface area contributed by atoms with Gasteiger partial charge in [0.25, 0.3) is 0 Å². The molecule has 0 aliphatic carbocycles. The third kappa shape index (κ3) is 5.75. The quantitative estimate of drug-likeness (QED) is 0.128. The van der Waals surface area contributed by atoms with Crippen LogP contribution in [0.4, 0.5) is 0 Å². The third-order valence-electron chi connectivity index (χ3n) is 10.4. The Kier molecular flexibility index (Phi) is 8.86. The highest BCUT2D eigenvalue weighted by Gasteiger charge is 2.22. The second-order valence-corrected chi connectivity index (χ2v) is 13.3. The normalized spacial score (nSPS) is 12.6. The Labute approximate surface area is 310 Å². The van der Waals surface area contributed by atoms with Gasteiger partial charge in [-0.05, 0) is 112 Å². The lowest BCUT2D eigenvalue weighted by atomic mass is 9.81. The van der Waals surface area contributed by atoms with Gasteiger partial charge >= 0.3 is 0 Å². The van der Waals surface area contributed by atoms with Crippen LogP contribution in [-0.4, -0.2) is 6.04 Å². The molecule has 2 N–H and O–H groups in total. The van der Waals surface area contributed by atoms with E-state index in [1.165, 1.54) is 70.9 Å². The lowest BCUT2D eigenvalue weighted by Gasteiger charge is -2.22. The fourth-order valence-corrected chi connectivity index (χ4v) is 7.99. The van der Waals surface area contributed by atoms with Gasteiger partial charge in [-0.2, -0.15) is 5.26 Å². The average molecular weight is 679 g/mol. The zero-order chi connectivity index (χ0) is 36.5. The fraction of sp³-hybridized carbons (Fsp3) is 0.0392. The molecule has 0 spiro atoms. The third-order valence-corrected chi connectivity index (χ3v) is 10.4. The molecule has 0 radical (unpaired) electrons. The number of allylic oxidation sites excluding steroid dienone is 5. The molecule has 2 heteroatoms. The fourth-order valence-electron chi connectivity index (χ4n) is 7.99. The van der Waals surface area contributed by atoms with Gasteiger partial charge in [0, 0.05) is 0 Å². The summed E-state index contributed by atoms with van der Waals surface area (Å²) in [6, 6.07) is 54.1. The maximum Gasteiger partial charge on any atom is 0.112 e. The first-order valence-electron chi connectivity index (χ1n) is 17.9. The van der Waals surface area contributed by atoms with Crippen LogP contribution in [0.2, 0.25) is 0 Å². The van der Waals surface area contributed by atoms with Crippen molar-refractivity contribution in [3.63, 3.8) is 0 Å². The summed E-state index contributed by atoms with van der Waals surface area (Å²) >= 11 is 0. The highest BCUT2D eigenvalue weighted by atomic mass is 14.6. The smallest absolute Gasteiger partial charge is 0.112 e. The molecule has 1 unspecified atom stereocenters. The van der Waals surface area contributed by atoms with Gasteiger partial charge in [-0.15, -0.1) is 0 Å². The second-order valence-electron chi connectivity index (χ2n) is 13.3. The van der Waals surface area contributed by atoms with E-state index in [4.69, 9.17) is 5.73 Å². The van der Waals surface area contributed by atoms with E-state index in [-0.39, 0.29) is 0 Å². The number of benzene rings is 8. The first-order chi connectivity index (χ1) is 26.1. The van der Waals surface area contributed by atoms with Crippen molar-refractivity contribution in [2.75, 3.05) is 0 Å². The molecule has 0 aromatic heterocycles. The maximum atomic E-state index is 9.29. The van der Waals surface area contributed by atoms with Crippen molar-refractivity contribution in [1.29, 1.82) is 5.26 Å². The molecule has 0 amide bonds. The molecule has 0 saturated carbocycles. The van der Waals surface area contributed by atoms with Crippen LogP contribution in [0.25, 0.3) is 87.6 Å². The summed E-state index contributed by atoms with van der Waals surface area (Å²) in [6.45, 7) is 10.0. The van der Waals surface area contributed by atoms with Gasteiger partial charge in [0.2, 0.25) is 0 Å². The van der Waals surface area contributed by atoms with Gasteiger partial charge in [0.05, 0.1) is 6.07 Å². The van der Waals surface area contributed by atoms with Crippen LogP contribution in [0.15, 0.2) is 183 Å². The minimum absolute atomic E-state index is 0.696. The second kappa shape index (κ2) is 14.1. The molecule has 8 rings (SSSR count). The Morgan fingerprint density at radius 2 is 0.792 bits per heavy atom. The van der Waals surface area contributed by atoms with Crippen LogP contribution >= 0.6 is 0 Å². The van der Waals surface area contributed by atoms with E-state index in [2.05, 4.69) is 171 Å². The lowest BCUT2D eigenvalue weighted by molar-refractivity contribution is 1.04. The van der Waals surface area contributed by atoms with E-state index >= 15 is 0 Å². The minimum Gasteiger partial charge on any atom is -0.313 e. The summed E-state index contributed by atoms with van der Waals surface area (Å²) in [5, 5.41) is 19.0. The summed E-state index contributed by atoms with van der Waals surface area (Å²) in [5.41, 5.74) is 17.2. The molecule has 8 aromatic carbocycles. The van der Waals surface area contributed by atoms with Gasteiger partial charge in [0.15, 0.2) is 0 Å². The summed E-state index contributed by atoms with van der Waals surface area (Å²) in [4.78, 5) is 0. The first-order valence-corrected chi connectivity index (χ1v) is 17.9. The molecule has 0 bridgehead atoms. The topological polar surface area (TPSA) is 49.8 Å². The van der Waals surface area contributed by atoms with Crippen LogP contribution in [0.5, 0.6) is 0 Å². The summed E-state index contributed by atoms with van der Waals surface area (Å²) in [5.74, 6) is 0. The molecule has 0 heterocycles. The molecule has 252 valence electrons. The number of nitrogens with two attached hydrogens (primary N) is 1. The summed E-state index contributed by atoms with van der Waals surface area (Å²) in [7, 11) is 0. The Morgan fingerprint density at radius 3 is 1.08 bits per heavy atom. The molecule has 0 aliphatic rings. The molecule has 8 aromatic rings. The number of hydrogen-bond donors (Lipinski definition) is 1. The van der Waals surface area contributed by atoms with Crippen molar-refractivity contribution in [3.8, 4) is 39.4 Å². The molecular formula is C51H38N2. The predicted octanol–water partition coefficient (Wildman–Crippen LogP) is 13.3. The highest BCUT2D eigenvalue weighted by molar-refractivity contribution is 6.29. The Bertz CT molecular complexity index is 2710. The van der Waals surface area contributed by atoms with Gasteiger partial charge in [-0.1, -0.05) is 177 Å². The van der Waals surface area contributed by atoms with Crippen LogP contribution in [-0.2, 0) is 0 Å². The van der Waals surface area contributed by atoms with Gasteiger partial charge in [-0.3, -0.25) is 0 Å². The van der Waals surface area contributed by atoms with E-state index in [0.29, 0.717) is 0 Å². The average Bonchev–Trinajstić information content (AvgIpc) is 3.22. The predicted molar refractivity (Wildman–Crippen MR) is 228 cm³/mol. The van der Waals surface area contributed by atoms with E-state index in [1.807, 2.05) is 13.0 Å². The summed E-state index contributed by atoms with van der Waals surface area (Å²) in [6.07, 6.45) is 7.51. The van der Waals surface area contributed by atoms with Crippen molar-refractivity contribution in [1.82, 2.24) is 0 Å². The molecule has 0 aliphatic heterocycles. The summed E-state index contributed by atoms with van der Waals surface area (Å²) < 4.78 is 0. The molecule has 0 fully saturated rings. The van der Waals surface area contributed by atoms with E-state index in [9.17, 15) is 5.26 Å². The van der Waals surface area contributed by atoms with Crippen LogP contribution in [0, 0.1) is 11.3 Å². The number of fused-ring (bicyclic) bond motifs is 4. The zero-order valence-electron chi connectivity index (χ0n) is 29.7. The van der Waals surface area contributed by atoms with Gasteiger partial charge in [-0.25, -0.2) is 0 Å². The molecule has 2 nitrogen and oxygen atoms in total.